The maximum Gasteiger partial charge on any atom is 0.362 e. The fourth-order valence-corrected chi connectivity index (χ4v) is 5.47. The number of ether oxygens (including phenoxy) is 3. The number of nitrogens with zero attached hydrogens (tertiary/aromatic N) is 1. The molecule has 2 unspecified atom stereocenters. The largest absolute Gasteiger partial charge is 0.477 e. The third-order valence-corrected chi connectivity index (χ3v) is 8.60. The van der Waals surface area contributed by atoms with Crippen LogP contribution >= 0.6 is 0 Å². The van der Waals surface area contributed by atoms with E-state index in [0.717, 1.165) is 89.9 Å². The van der Waals surface area contributed by atoms with Crippen molar-refractivity contribution in [2.24, 2.45) is 0 Å². The summed E-state index contributed by atoms with van der Waals surface area (Å²) in [4.78, 5) is 36.8. The number of aliphatic carboxylic acids is 1. The fraction of sp³-hybridized carbons (Fsp3) is 0.667. The van der Waals surface area contributed by atoms with Crippen LogP contribution in [0.25, 0.3) is 0 Å². The maximum absolute atomic E-state index is 12.7. The summed E-state index contributed by atoms with van der Waals surface area (Å²) < 4.78 is 17.2. The summed E-state index contributed by atoms with van der Waals surface area (Å²) in [5.41, 5.74) is 0. The highest BCUT2D eigenvalue weighted by Gasteiger charge is 2.31. The topological polar surface area (TPSA) is 99.1 Å². The lowest BCUT2D eigenvalue weighted by molar-refractivity contribution is -0.887. The van der Waals surface area contributed by atoms with Crippen molar-refractivity contribution < 1.29 is 38.2 Å². The van der Waals surface area contributed by atoms with Gasteiger partial charge in [0.05, 0.1) is 34.4 Å². The first kappa shape index (κ1) is 49.8. The molecule has 0 aliphatic rings. The van der Waals surface area contributed by atoms with Gasteiger partial charge in [-0.3, -0.25) is 9.59 Å². The molecule has 0 aromatic rings. The standard InChI is InChI=1S/C45H75NO7/c1-6-8-10-12-14-16-17-18-19-20-21-22-23-24-25-26-28-30-32-34-36-44(48)53-41(39-51-38-37-42(45(49)50)46(3,4)5)40-52-43(47)35-33-31-29-27-15-13-11-9-7-2/h8-11,14-16,18-19,21-22,27,41-42H,6-7,12-13,17,20,23-26,28-40H2,1-5H3/p+1/b10-8+,11-9+,16-14+,19-18+,22-21+,27-15+. The molecule has 8 nitrogen and oxygen atoms in total. The normalized spacial score (nSPS) is 13.8. The Hall–Kier alpha value is -3.23. The number of likely N-dealkylation sites (N-methyl/N-ethyl adjacent to an activating group) is 1. The van der Waals surface area contributed by atoms with Gasteiger partial charge in [-0.1, -0.05) is 119 Å². The Kier molecular flexibility index (Phi) is 33.6. The summed E-state index contributed by atoms with van der Waals surface area (Å²) >= 11 is 0. The van der Waals surface area contributed by atoms with Gasteiger partial charge in [0.25, 0.3) is 0 Å². The van der Waals surface area contributed by atoms with Crippen LogP contribution in [0.1, 0.15) is 142 Å². The van der Waals surface area contributed by atoms with Crippen molar-refractivity contribution in [2.75, 3.05) is 41.0 Å². The van der Waals surface area contributed by atoms with E-state index in [-0.39, 0.29) is 36.2 Å². The van der Waals surface area contributed by atoms with Crippen molar-refractivity contribution >= 4 is 17.9 Å². The number of allylic oxidation sites excluding steroid dienone is 12. The molecule has 0 aliphatic carbocycles. The Morgan fingerprint density at radius 3 is 1.51 bits per heavy atom. The predicted molar refractivity (Wildman–Crippen MR) is 220 cm³/mol. The van der Waals surface area contributed by atoms with Gasteiger partial charge in [-0.15, -0.1) is 0 Å². The quantitative estimate of drug-likeness (QED) is 0.0299. The second-order valence-corrected chi connectivity index (χ2v) is 14.5. The smallest absolute Gasteiger partial charge is 0.362 e. The van der Waals surface area contributed by atoms with E-state index in [2.05, 4.69) is 86.8 Å². The number of esters is 2. The van der Waals surface area contributed by atoms with Crippen molar-refractivity contribution in [1.29, 1.82) is 0 Å². The first-order valence-corrected chi connectivity index (χ1v) is 20.5. The van der Waals surface area contributed by atoms with E-state index in [4.69, 9.17) is 14.2 Å². The molecule has 1 N–H and O–H groups in total. The molecule has 0 radical (unpaired) electrons. The van der Waals surface area contributed by atoms with Gasteiger partial charge >= 0.3 is 17.9 Å². The number of hydrogen-bond donors (Lipinski definition) is 1. The van der Waals surface area contributed by atoms with Crippen molar-refractivity contribution in [2.45, 2.75) is 154 Å². The highest BCUT2D eigenvalue weighted by atomic mass is 16.6. The molecule has 302 valence electrons. The number of rotatable bonds is 35. The van der Waals surface area contributed by atoms with Crippen LogP contribution in [-0.4, -0.2) is 80.6 Å². The van der Waals surface area contributed by atoms with Crippen LogP contribution < -0.4 is 0 Å². The molecular weight excluding hydrogens is 666 g/mol. The number of unbranched alkanes of at least 4 members (excludes halogenated alkanes) is 9. The van der Waals surface area contributed by atoms with Crippen molar-refractivity contribution in [3.05, 3.63) is 72.9 Å². The van der Waals surface area contributed by atoms with E-state index in [1.165, 1.54) is 19.3 Å². The van der Waals surface area contributed by atoms with Crippen LogP contribution in [0, 0.1) is 0 Å². The number of quaternary nitrogens is 1. The van der Waals surface area contributed by atoms with Gasteiger partial charge < -0.3 is 23.8 Å². The molecule has 0 fully saturated rings. The molecule has 0 aliphatic heterocycles. The predicted octanol–water partition coefficient (Wildman–Crippen LogP) is 10.8. The summed E-state index contributed by atoms with van der Waals surface area (Å²) in [5.74, 6) is -1.54. The van der Waals surface area contributed by atoms with E-state index in [0.29, 0.717) is 19.3 Å². The first-order chi connectivity index (χ1) is 25.6. The lowest BCUT2D eigenvalue weighted by Gasteiger charge is -2.31. The molecule has 8 heteroatoms. The lowest BCUT2D eigenvalue weighted by Crippen LogP contribution is -2.50. The molecule has 0 rings (SSSR count). The van der Waals surface area contributed by atoms with Gasteiger partial charge in [0.2, 0.25) is 0 Å². The molecule has 0 saturated carbocycles. The lowest BCUT2D eigenvalue weighted by atomic mass is 10.1. The highest BCUT2D eigenvalue weighted by molar-refractivity contribution is 5.72. The van der Waals surface area contributed by atoms with Gasteiger partial charge in [-0.2, -0.15) is 0 Å². The van der Waals surface area contributed by atoms with Crippen LogP contribution in [0.2, 0.25) is 0 Å². The van der Waals surface area contributed by atoms with Gasteiger partial charge in [0.15, 0.2) is 12.1 Å². The summed E-state index contributed by atoms with van der Waals surface area (Å²) in [6.45, 7) is 4.42. The summed E-state index contributed by atoms with van der Waals surface area (Å²) in [5, 5.41) is 9.59. The molecule has 0 bridgehead atoms. The van der Waals surface area contributed by atoms with Crippen LogP contribution in [0.4, 0.5) is 0 Å². The average Bonchev–Trinajstić information content (AvgIpc) is 3.11. The second kappa shape index (κ2) is 35.8. The summed E-state index contributed by atoms with van der Waals surface area (Å²) in [7, 11) is 5.49. The van der Waals surface area contributed by atoms with Crippen molar-refractivity contribution in [3.8, 4) is 0 Å². The first-order valence-electron chi connectivity index (χ1n) is 20.5. The molecule has 0 heterocycles. The minimum atomic E-state index is -0.885. The van der Waals surface area contributed by atoms with E-state index in [1.54, 1.807) is 0 Å². The van der Waals surface area contributed by atoms with Crippen LogP contribution in [-0.2, 0) is 28.6 Å². The Morgan fingerprint density at radius 2 is 1.00 bits per heavy atom. The van der Waals surface area contributed by atoms with Crippen molar-refractivity contribution in [3.63, 3.8) is 0 Å². The molecule has 0 amide bonds. The monoisotopic (exact) mass is 743 g/mol. The average molecular weight is 743 g/mol. The second-order valence-electron chi connectivity index (χ2n) is 14.5. The molecule has 2 atom stereocenters. The highest BCUT2D eigenvalue weighted by Crippen LogP contribution is 2.13. The van der Waals surface area contributed by atoms with Crippen LogP contribution in [0.15, 0.2) is 72.9 Å². The summed E-state index contributed by atoms with van der Waals surface area (Å²) in [6.07, 6.45) is 43.9. The zero-order valence-electron chi connectivity index (χ0n) is 34.2. The van der Waals surface area contributed by atoms with Crippen LogP contribution in [0.3, 0.4) is 0 Å². The molecular formula is C45H76NO7+. The van der Waals surface area contributed by atoms with Gasteiger partial charge in [0, 0.05) is 19.3 Å². The molecule has 0 spiro atoms. The Labute approximate surface area is 323 Å². The zero-order chi connectivity index (χ0) is 39.3. The number of carboxylic acid groups (broad SMARTS) is 1. The minimum absolute atomic E-state index is 0.0423. The number of carbonyl (C=O) groups excluding carboxylic acids is 2. The SMILES string of the molecule is CC/C=C/C/C=C/C/C=C/C/C=C/CCCCCCCCCC(=O)OC(COCCC(C(=O)O)[N+](C)(C)C)COC(=O)CCCC/C=C/C/C=C/CC. The number of carboxylic acids is 1. The third-order valence-electron chi connectivity index (χ3n) is 8.60. The summed E-state index contributed by atoms with van der Waals surface area (Å²) in [6, 6.07) is -0.623. The fourth-order valence-electron chi connectivity index (χ4n) is 5.47. The van der Waals surface area contributed by atoms with Gasteiger partial charge in [-0.25, -0.2) is 4.79 Å². The molecule has 0 saturated heterocycles. The minimum Gasteiger partial charge on any atom is -0.477 e. The van der Waals surface area contributed by atoms with E-state index >= 15 is 0 Å². The number of carbonyl (C=O) groups is 3. The van der Waals surface area contributed by atoms with Crippen LogP contribution in [0.5, 0.6) is 0 Å². The maximum atomic E-state index is 12.7. The Bertz CT molecular complexity index is 1100. The Morgan fingerprint density at radius 1 is 0.566 bits per heavy atom. The molecule has 0 aromatic heterocycles. The number of hydrogen-bond acceptors (Lipinski definition) is 6. The third kappa shape index (κ3) is 34.3. The molecule has 53 heavy (non-hydrogen) atoms. The van der Waals surface area contributed by atoms with E-state index < -0.39 is 18.1 Å². The van der Waals surface area contributed by atoms with Gasteiger partial charge in [-0.05, 0) is 77.0 Å². The molecule has 0 aromatic carbocycles. The van der Waals surface area contributed by atoms with E-state index in [9.17, 15) is 19.5 Å². The van der Waals surface area contributed by atoms with E-state index in [1.807, 2.05) is 21.1 Å². The Balaban J connectivity index is 4.37. The zero-order valence-corrected chi connectivity index (χ0v) is 34.2. The van der Waals surface area contributed by atoms with Gasteiger partial charge in [0.1, 0.15) is 6.61 Å². The van der Waals surface area contributed by atoms with Crippen molar-refractivity contribution in [1.82, 2.24) is 0 Å².